The maximum absolute atomic E-state index is 13.2. The molecule has 1 heterocycles. The predicted molar refractivity (Wildman–Crippen MR) is 121 cm³/mol. The Labute approximate surface area is 184 Å². The van der Waals surface area contributed by atoms with Crippen LogP contribution in [0.25, 0.3) is 0 Å². The first-order valence-corrected chi connectivity index (χ1v) is 12.0. The third-order valence-corrected chi connectivity index (χ3v) is 7.06. The molecule has 1 fully saturated rings. The fraction of sp³-hybridized carbons (Fsp3) is 0.435. The van der Waals surface area contributed by atoms with Crippen molar-refractivity contribution in [3.05, 3.63) is 59.7 Å². The van der Waals surface area contributed by atoms with E-state index in [2.05, 4.69) is 22.0 Å². The Hall–Kier alpha value is -2.42. The summed E-state index contributed by atoms with van der Waals surface area (Å²) >= 11 is 0. The lowest BCUT2D eigenvalue weighted by Gasteiger charge is -2.30. The summed E-state index contributed by atoms with van der Waals surface area (Å²) in [7, 11) is -0.500. The number of aryl methyl sites for hydroxylation is 1. The van der Waals surface area contributed by atoms with Crippen LogP contribution in [-0.2, 0) is 21.2 Å². The van der Waals surface area contributed by atoms with Gasteiger partial charge in [-0.3, -0.25) is 4.79 Å². The number of piperidine rings is 1. The summed E-state index contributed by atoms with van der Waals surface area (Å²) in [6.07, 6.45) is 1.95. The number of amides is 1. The van der Waals surface area contributed by atoms with Crippen molar-refractivity contribution in [3.8, 4) is 5.75 Å². The lowest BCUT2D eigenvalue weighted by atomic mass is 10.0. The van der Waals surface area contributed by atoms with Gasteiger partial charge in [0.1, 0.15) is 16.7 Å². The van der Waals surface area contributed by atoms with E-state index in [1.54, 1.807) is 18.2 Å². The van der Waals surface area contributed by atoms with Crippen LogP contribution in [0.5, 0.6) is 5.75 Å². The van der Waals surface area contributed by atoms with Crippen molar-refractivity contribution in [1.29, 1.82) is 0 Å². The van der Waals surface area contributed by atoms with Crippen molar-refractivity contribution in [2.45, 2.75) is 43.2 Å². The zero-order valence-corrected chi connectivity index (χ0v) is 19.1. The normalized spacial score (nSPS) is 16.6. The van der Waals surface area contributed by atoms with Crippen LogP contribution < -0.4 is 14.8 Å². The smallest absolute Gasteiger partial charge is 0.244 e. The number of rotatable bonds is 8. The molecule has 2 aromatic rings. The zero-order valence-electron chi connectivity index (χ0n) is 18.3. The van der Waals surface area contributed by atoms with Gasteiger partial charge in [0.05, 0.1) is 7.11 Å². The Kier molecular flexibility index (Phi) is 7.69. The van der Waals surface area contributed by atoms with E-state index in [9.17, 15) is 13.2 Å². The lowest BCUT2D eigenvalue weighted by Crippen LogP contribution is -2.52. The Morgan fingerprint density at radius 2 is 1.84 bits per heavy atom. The van der Waals surface area contributed by atoms with Crippen LogP contribution in [0.2, 0.25) is 0 Å². The molecule has 0 spiro atoms. The summed E-state index contributed by atoms with van der Waals surface area (Å²) in [5, 5.41) is 3.05. The summed E-state index contributed by atoms with van der Waals surface area (Å²) in [4.78, 5) is 15.4. The van der Waals surface area contributed by atoms with E-state index in [0.717, 1.165) is 37.1 Å². The van der Waals surface area contributed by atoms with Crippen molar-refractivity contribution in [3.63, 3.8) is 0 Å². The molecule has 8 heteroatoms. The largest absolute Gasteiger partial charge is 0.495 e. The molecule has 0 aliphatic carbocycles. The highest BCUT2D eigenvalue weighted by molar-refractivity contribution is 7.89. The summed E-state index contributed by atoms with van der Waals surface area (Å²) in [5.41, 5.74) is 1.67. The number of nitrogens with one attached hydrogen (secondary N) is 2. The number of carbonyl (C=O) groups is 1. The highest BCUT2D eigenvalue weighted by Gasteiger charge is 2.30. The summed E-state index contributed by atoms with van der Waals surface area (Å²) in [5.74, 6) is -0.0686. The molecule has 168 valence electrons. The maximum Gasteiger partial charge on any atom is 0.244 e. The van der Waals surface area contributed by atoms with Gasteiger partial charge in [0.15, 0.2) is 0 Å². The predicted octanol–water partition coefficient (Wildman–Crippen LogP) is 2.10. The third-order valence-electron chi connectivity index (χ3n) is 5.57. The third kappa shape index (κ3) is 6.29. The Morgan fingerprint density at radius 3 is 2.48 bits per heavy atom. The van der Waals surface area contributed by atoms with E-state index >= 15 is 0 Å². The van der Waals surface area contributed by atoms with E-state index in [1.165, 1.54) is 7.11 Å². The quantitative estimate of drug-likeness (QED) is 0.650. The second kappa shape index (κ2) is 10.3. The Morgan fingerprint density at radius 1 is 1.16 bits per heavy atom. The van der Waals surface area contributed by atoms with E-state index in [-0.39, 0.29) is 29.0 Å². The topological polar surface area (TPSA) is 87.7 Å². The van der Waals surface area contributed by atoms with Crippen molar-refractivity contribution in [2.24, 2.45) is 0 Å². The van der Waals surface area contributed by atoms with Crippen LogP contribution in [0.15, 0.2) is 53.4 Å². The van der Waals surface area contributed by atoms with Crippen LogP contribution in [0.3, 0.4) is 0 Å². The van der Waals surface area contributed by atoms with Gasteiger partial charge in [-0.2, -0.15) is 4.72 Å². The maximum atomic E-state index is 13.2. The van der Waals surface area contributed by atoms with Gasteiger partial charge in [0, 0.05) is 6.04 Å². The molecule has 31 heavy (non-hydrogen) atoms. The SMILES string of the molecule is COc1ccc(C)cc1S(=O)(=O)NC(Cc1ccccc1)C(=O)NC1CCN(C)CC1. The van der Waals surface area contributed by atoms with Crippen LogP contribution in [0.4, 0.5) is 0 Å². The van der Waals surface area contributed by atoms with E-state index in [4.69, 9.17) is 4.74 Å². The van der Waals surface area contributed by atoms with E-state index in [0.29, 0.717) is 0 Å². The van der Waals surface area contributed by atoms with Crippen LogP contribution in [0, 0.1) is 6.92 Å². The van der Waals surface area contributed by atoms with Crippen LogP contribution in [0.1, 0.15) is 24.0 Å². The number of carbonyl (C=O) groups excluding carboxylic acids is 1. The van der Waals surface area contributed by atoms with Crippen LogP contribution >= 0.6 is 0 Å². The van der Waals surface area contributed by atoms with E-state index < -0.39 is 16.1 Å². The minimum Gasteiger partial charge on any atom is -0.495 e. The second-order valence-corrected chi connectivity index (χ2v) is 9.79. The van der Waals surface area contributed by atoms with Gasteiger partial charge in [-0.1, -0.05) is 36.4 Å². The molecule has 1 saturated heterocycles. The van der Waals surface area contributed by atoms with Gasteiger partial charge in [-0.05, 0) is 69.6 Å². The number of nitrogens with zero attached hydrogens (tertiary/aromatic N) is 1. The number of ether oxygens (including phenoxy) is 1. The minimum absolute atomic E-state index is 0.0279. The summed E-state index contributed by atoms with van der Waals surface area (Å²) in [6, 6.07) is 13.5. The van der Waals surface area contributed by atoms with E-state index in [1.807, 2.05) is 37.3 Å². The molecule has 2 N–H and O–H groups in total. The molecule has 3 rings (SSSR count). The van der Waals surface area contributed by atoms with Crippen molar-refractivity contribution in [1.82, 2.24) is 14.9 Å². The highest BCUT2D eigenvalue weighted by Crippen LogP contribution is 2.25. The fourth-order valence-corrected chi connectivity index (χ4v) is 5.19. The Balaban J connectivity index is 1.83. The van der Waals surface area contributed by atoms with Crippen molar-refractivity contribution in [2.75, 3.05) is 27.2 Å². The number of hydrogen-bond donors (Lipinski definition) is 2. The molecule has 0 bridgehead atoms. The number of likely N-dealkylation sites (tertiary alicyclic amines) is 1. The molecule has 1 aliphatic heterocycles. The first-order chi connectivity index (χ1) is 14.8. The monoisotopic (exact) mass is 445 g/mol. The molecule has 1 amide bonds. The average Bonchev–Trinajstić information content (AvgIpc) is 2.75. The molecule has 1 unspecified atom stereocenters. The number of sulfonamides is 1. The highest BCUT2D eigenvalue weighted by atomic mass is 32.2. The zero-order chi connectivity index (χ0) is 22.4. The average molecular weight is 446 g/mol. The van der Waals surface area contributed by atoms with Gasteiger partial charge >= 0.3 is 0 Å². The fourth-order valence-electron chi connectivity index (χ4n) is 3.74. The molecule has 0 radical (unpaired) electrons. The standard InChI is InChI=1S/C23H31N3O4S/c1-17-9-10-21(30-3)22(15-17)31(28,29)25-20(16-18-7-5-4-6-8-18)23(27)24-19-11-13-26(2)14-12-19/h4-10,15,19-20,25H,11-14,16H2,1-3H3,(H,24,27). The molecular weight excluding hydrogens is 414 g/mol. The first-order valence-electron chi connectivity index (χ1n) is 10.5. The number of benzene rings is 2. The lowest BCUT2D eigenvalue weighted by molar-refractivity contribution is -0.123. The van der Waals surface area contributed by atoms with Crippen molar-refractivity contribution >= 4 is 15.9 Å². The van der Waals surface area contributed by atoms with Crippen molar-refractivity contribution < 1.29 is 17.9 Å². The van der Waals surface area contributed by atoms with Crippen LogP contribution in [-0.4, -0.2) is 58.6 Å². The first kappa shape index (κ1) is 23.2. The summed E-state index contributed by atoms with van der Waals surface area (Å²) in [6.45, 7) is 3.62. The number of methoxy groups -OCH3 is 1. The second-order valence-electron chi connectivity index (χ2n) is 8.10. The van der Waals surface area contributed by atoms with Gasteiger partial charge in [0.25, 0.3) is 0 Å². The molecular formula is C23H31N3O4S. The minimum atomic E-state index is -3.98. The summed E-state index contributed by atoms with van der Waals surface area (Å²) < 4.78 is 34.3. The molecule has 1 aliphatic rings. The molecule has 0 aromatic heterocycles. The Bertz CT molecular complexity index is 987. The number of hydrogen-bond acceptors (Lipinski definition) is 5. The molecule has 2 aromatic carbocycles. The van der Waals surface area contributed by atoms with Gasteiger partial charge in [-0.15, -0.1) is 0 Å². The molecule has 1 atom stereocenters. The molecule has 7 nitrogen and oxygen atoms in total. The van der Waals surface area contributed by atoms with Gasteiger partial charge in [0.2, 0.25) is 15.9 Å². The van der Waals surface area contributed by atoms with Gasteiger partial charge in [-0.25, -0.2) is 8.42 Å². The molecule has 0 saturated carbocycles. The van der Waals surface area contributed by atoms with Gasteiger partial charge < -0.3 is 15.0 Å².